The van der Waals surface area contributed by atoms with Crippen molar-refractivity contribution in [3.05, 3.63) is 243 Å². The number of para-hydroxylation sites is 2. The second kappa shape index (κ2) is 15.5. The Morgan fingerprint density at radius 2 is 0.466 bits per heavy atom. The van der Waals surface area contributed by atoms with Gasteiger partial charge in [0.1, 0.15) is 0 Å². The lowest BCUT2D eigenvalue weighted by molar-refractivity contribution is 1.28. The molecule has 2 nitrogen and oxygen atoms in total. The van der Waals surface area contributed by atoms with E-state index in [4.69, 9.17) is 0 Å². The van der Waals surface area contributed by atoms with Crippen molar-refractivity contribution < 1.29 is 0 Å². The fraction of sp³-hybridized carbons (Fsp3) is 0. The van der Waals surface area contributed by atoms with Crippen LogP contribution < -0.4 is 9.80 Å². The third kappa shape index (κ3) is 6.78. The van der Waals surface area contributed by atoms with Crippen LogP contribution in [-0.4, -0.2) is 0 Å². The first-order chi connectivity index (χ1) is 28.8. The maximum Gasteiger partial charge on any atom is 0.0540 e. The molecule has 0 aromatic heterocycles. The standard InChI is InChI=1S/C56H40N2/c1-3-17-49(18-4-1)57(50-19-5-2-6-20-50)51-37-33-45(34-38-51)43-29-25-41(26-30-43)42-27-31-44(32-28-42)46-35-39-52(40-36-46)58(55-23-11-15-47-13-7-9-21-53(47)55)56-24-12-16-48-14-8-10-22-54(48)56/h1-40H. The zero-order chi connectivity index (χ0) is 38.7. The lowest BCUT2D eigenvalue weighted by Gasteiger charge is -2.28. The van der Waals surface area contributed by atoms with Gasteiger partial charge in [-0.1, -0.05) is 182 Å². The molecular weight excluding hydrogens is 701 g/mol. The summed E-state index contributed by atoms with van der Waals surface area (Å²) in [6, 6.07) is 87.1. The lowest BCUT2D eigenvalue weighted by atomic mass is 9.97. The minimum absolute atomic E-state index is 1.12. The summed E-state index contributed by atoms with van der Waals surface area (Å²) >= 11 is 0. The van der Waals surface area contributed by atoms with E-state index in [0.29, 0.717) is 0 Å². The van der Waals surface area contributed by atoms with Gasteiger partial charge in [0.25, 0.3) is 0 Å². The number of nitrogens with zero attached hydrogens (tertiary/aromatic N) is 2. The predicted molar refractivity (Wildman–Crippen MR) is 247 cm³/mol. The molecule has 0 aliphatic heterocycles. The largest absolute Gasteiger partial charge is 0.311 e. The van der Waals surface area contributed by atoms with Crippen LogP contribution in [-0.2, 0) is 0 Å². The molecule has 2 heteroatoms. The zero-order valence-electron chi connectivity index (χ0n) is 32.0. The van der Waals surface area contributed by atoms with Crippen molar-refractivity contribution in [1.82, 2.24) is 0 Å². The number of hydrogen-bond donors (Lipinski definition) is 0. The van der Waals surface area contributed by atoms with Gasteiger partial charge < -0.3 is 9.80 Å². The van der Waals surface area contributed by atoms with E-state index < -0.39 is 0 Å². The van der Waals surface area contributed by atoms with Gasteiger partial charge in [-0.2, -0.15) is 0 Å². The summed E-state index contributed by atoms with van der Waals surface area (Å²) in [5, 5.41) is 4.89. The van der Waals surface area contributed by atoms with Gasteiger partial charge in [0.2, 0.25) is 0 Å². The monoisotopic (exact) mass is 740 g/mol. The van der Waals surface area contributed by atoms with Crippen LogP contribution in [0, 0.1) is 0 Å². The van der Waals surface area contributed by atoms with Crippen LogP contribution in [0.4, 0.5) is 34.1 Å². The van der Waals surface area contributed by atoms with Gasteiger partial charge in [0, 0.05) is 33.5 Å². The van der Waals surface area contributed by atoms with Crippen LogP contribution in [0.15, 0.2) is 243 Å². The second-order valence-corrected chi connectivity index (χ2v) is 14.6. The highest BCUT2D eigenvalue weighted by Gasteiger charge is 2.18. The van der Waals surface area contributed by atoms with Crippen LogP contribution in [0.2, 0.25) is 0 Å². The average Bonchev–Trinajstić information content (AvgIpc) is 3.31. The van der Waals surface area contributed by atoms with Gasteiger partial charge >= 0.3 is 0 Å². The van der Waals surface area contributed by atoms with E-state index in [1.54, 1.807) is 0 Å². The van der Waals surface area contributed by atoms with Gasteiger partial charge in [0.15, 0.2) is 0 Å². The van der Waals surface area contributed by atoms with Crippen molar-refractivity contribution in [2.75, 3.05) is 9.80 Å². The van der Waals surface area contributed by atoms with E-state index in [0.717, 1.165) is 34.1 Å². The van der Waals surface area contributed by atoms with Crippen molar-refractivity contribution in [3.63, 3.8) is 0 Å². The SMILES string of the molecule is c1ccc(N(c2ccccc2)c2ccc(-c3ccc(-c4ccc(-c5ccc(N(c6cccc7ccccc67)c6cccc7ccccc67)cc5)cc4)cc3)cc2)cc1. The molecule has 10 rings (SSSR count). The van der Waals surface area contributed by atoms with Gasteiger partial charge in [0.05, 0.1) is 11.4 Å². The van der Waals surface area contributed by atoms with Gasteiger partial charge in [-0.3, -0.25) is 0 Å². The number of anilines is 6. The van der Waals surface area contributed by atoms with Crippen molar-refractivity contribution in [1.29, 1.82) is 0 Å². The Kier molecular flexibility index (Phi) is 9.27. The third-order valence-electron chi connectivity index (χ3n) is 11.1. The molecule has 0 spiro atoms. The van der Waals surface area contributed by atoms with E-state index in [1.807, 2.05) is 0 Å². The van der Waals surface area contributed by atoms with Crippen molar-refractivity contribution in [2.45, 2.75) is 0 Å². The number of fused-ring (bicyclic) bond motifs is 2. The minimum Gasteiger partial charge on any atom is -0.311 e. The molecule has 0 aliphatic carbocycles. The topological polar surface area (TPSA) is 6.48 Å². The van der Waals surface area contributed by atoms with Crippen molar-refractivity contribution >= 4 is 55.7 Å². The molecule has 0 radical (unpaired) electrons. The molecule has 10 aromatic rings. The van der Waals surface area contributed by atoms with Crippen LogP contribution in [0.5, 0.6) is 0 Å². The van der Waals surface area contributed by atoms with Crippen LogP contribution in [0.1, 0.15) is 0 Å². The van der Waals surface area contributed by atoms with E-state index in [2.05, 4.69) is 252 Å². The van der Waals surface area contributed by atoms with Crippen molar-refractivity contribution in [3.8, 4) is 33.4 Å². The highest BCUT2D eigenvalue weighted by Crippen LogP contribution is 2.43. The molecule has 0 amide bonds. The molecule has 0 unspecified atom stereocenters. The normalized spacial score (nSPS) is 11.1. The summed E-state index contributed by atoms with van der Waals surface area (Å²) in [4.78, 5) is 4.69. The highest BCUT2D eigenvalue weighted by molar-refractivity contribution is 6.04. The van der Waals surface area contributed by atoms with Gasteiger partial charge in [-0.25, -0.2) is 0 Å². The smallest absolute Gasteiger partial charge is 0.0540 e. The molecule has 0 fully saturated rings. The Bertz CT molecular complexity index is 2830. The molecule has 274 valence electrons. The Morgan fingerprint density at radius 3 is 0.845 bits per heavy atom. The summed E-state index contributed by atoms with van der Waals surface area (Å²) in [6.45, 7) is 0. The van der Waals surface area contributed by atoms with E-state index in [1.165, 1.54) is 54.9 Å². The molecule has 0 N–H and O–H groups in total. The summed E-state index contributed by atoms with van der Waals surface area (Å²) in [5.74, 6) is 0. The number of benzene rings is 10. The molecule has 58 heavy (non-hydrogen) atoms. The summed E-state index contributed by atoms with van der Waals surface area (Å²) in [7, 11) is 0. The summed E-state index contributed by atoms with van der Waals surface area (Å²) in [6.07, 6.45) is 0. The Hall–Kier alpha value is -7.68. The third-order valence-corrected chi connectivity index (χ3v) is 11.1. The minimum atomic E-state index is 1.12. The molecule has 0 saturated heterocycles. The Labute approximate surface area is 340 Å². The zero-order valence-corrected chi connectivity index (χ0v) is 32.0. The molecule has 0 saturated carbocycles. The average molecular weight is 741 g/mol. The second-order valence-electron chi connectivity index (χ2n) is 14.6. The molecule has 0 bridgehead atoms. The molecule has 10 aromatic carbocycles. The maximum atomic E-state index is 2.40. The van der Waals surface area contributed by atoms with E-state index in [-0.39, 0.29) is 0 Å². The van der Waals surface area contributed by atoms with Crippen LogP contribution >= 0.6 is 0 Å². The highest BCUT2D eigenvalue weighted by atomic mass is 15.1. The first-order valence-corrected chi connectivity index (χ1v) is 19.8. The van der Waals surface area contributed by atoms with Crippen LogP contribution in [0.25, 0.3) is 54.9 Å². The summed E-state index contributed by atoms with van der Waals surface area (Å²) in [5.41, 5.74) is 14.0. The molecule has 0 heterocycles. The molecular formula is C56H40N2. The Morgan fingerprint density at radius 1 is 0.190 bits per heavy atom. The van der Waals surface area contributed by atoms with E-state index in [9.17, 15) is 0 Å². The predicted octanol–water partition coefficient (Wildman–Crippen LogP) is 15.9. The van der Waals surface area contributed by atoms with Gasteiger partial charge in [-0.05, 0) is 105 Å². The Balaban J connectivity index is 0.899. The first kappa shape index (κ1) is 34.8. The number of rotatable bonds is 9. The molecule has 0 aliphatic rings. The fourth-order valence-corrected chi connectivity index (χ4v) is 8.13. The lowest BCUT2D eigenvalue weighted by Crippen LogP contribution is -2.11. The van der Waals surface area contributed by atoms with Crippen LogP contribution in [0.3, 0.4) is 0 Å². The summed E-state index contributed by atoms with van der Waals surface area (Å²) < 4.78 is 0. The number of hydrogen-bond acceptors (Lipinski definition) is 2. The van der Waals surface area contributed by atoms with E-state index >= 15 is 0 Å². The van der Waals surface area contributed by atoms with Gasteiger partial charge in [-0.15, -0.1) is 0 Å². The van der Waals surface area contributed by atoms with Crippen molar-refractivity contribution in [2.24, 2.45) is 0 Å². The first-order valence-electron chi connectivity index (χ1n) is 19.8. The molecule has 0 atom stereocenters. The quantitative estimate of drug-likeness (QED) is 0.145. The maximum absolute atomic E-state index is 2.40. The fourth-order valence-electron chi connectivity index (χ4n) is 8.13.